The van der Waals surface area contributed by atoms with Gasteiger partial charge < -0.3 is 0 Å². The van der Waals surface area contributed by atoms with E-state index >= 15 is 0 Å². The molecule has 0 heterocycles. The number of allylic oxidation sites excluding steroid dienone is 1. The van der Waals surface area contributed by atoms with Crippen LogP contribution in [-0.4, -0.2) is 8.07 Å². The van der Waals surface area contributed by atoms with Gasteiger partial charge in [0.05, 0.1) is 8.07 Å². The van der Waals surface area contributed by atoms with Crippen LogP contribution in [0, 0.1) is 0 Å². The lowest BCUT2D eigenvalue weighted by molar-refractivity contribution is 0.800. The highest BCUT2D eigenvalue weighted by Gasteiger charge is 2.27. The minimum Gasteiger partial charge on any atom is -0.0984 e. The second kappa shape index (κ2) is 10.1. The fraction of sp³-hybridized carbons (Fsp3) is 0.867. The van der Waals surface area contributed by atoms with E-state index in [0.29, 0.717) is 0 Å². The van der Waals surface area contributed by atoms with Crippen LogP contribution < -0.4 is 0 Å². The van der Waals surface area contributed by atoms with Crippen molar-refractivity contribution < 1.29 is 0 Å². The zero-order valence-corrected chi connectivity index (χ0v) is 13.0. The van der Waals surface area contributed by atoms with E-state index in [1.807, 2.05) is 0 Å². The van der Waals surface area contributed by atoms with Crippen molar-refractivity contribution in [1.29, 1.82) is 0 Å². The van der Waals surface area contributed by atoms with Crippen LogP contribution in [0.3, 0.4) is 0 Å². The van der Waals surface area contributed by atoms with E-state index in [1.54, 1.807) is 0 Å². The quantitative estimate of drug-likeness (QED) is 0.414. The van der Waals surface area contributed by atoms with Crippen molar-refractivity contribution in [2.45, 2.75) is 84.4 Å². The van der Waals surface area contributed by atoms with E-state index in [1.165, 1.54) is 56.7 Å². The van der Waals surface area contributed by atoms with E-state index < -0.39 is 8.07 Å². The summed E-state index contributed by atoms with van der Waals surface area (Å²) in [7, 11) is -1.04. The number of rotatable bonds is 10. The van der Waals surface area contributed by atoms with Crippen molar-refractivity contribution in [3.05, 3.63) is 11.8 Å². The third kappa shape index (κ3) is 6.52. The van der Waals surface area contributed by atoms with Gasteiger partial charge in [0, 0.05) is 0 Å². The van der Waals surface area contributed by atoms with E-state index in [2.05, 4.69) is 39.5 Å². The number of hydrogen-bond donors (Lipinski definition) is 0. The number of unbranched alkanes of at least 4 members (excludes halogenated alkanes) is 3. The van der Waals surface area contributed by atoms with Crippen LogP contribution in [0.5, 0.6) is 0 Å². The molecular weight excluding hydrogens is 208 g/mol. The fourth-order valence-corrected chi connectivity index (χ4v) is 7.70. The lowest BCUT2D eigenvalue weighted by Gasteiger charge is -2.28. The van der Waals surface area contributed by atoms with Gasteiger partial charge in [0.25, 0.3) is 0 Å². The Bertz CT molecular complexity index is 150. The zero-order valence-electron chi connectivity index (χ0n) is 12.0. The molecule has 0 aliphatic carbocycles. The lowest BCUT2D eigenvalue weighted by atomic mass is 10.4. The maximum Gasteiger partial charge on any atom is 0.0774 e. The molecule has 0 rings (SSSR count). The largest absolute Gasteiger partial charge is 0.0984 e. The molecule has 0 nitrogen and oxygen atoms in total. The van der Waals surface area contributed by atoms with E-state index in [4.69, 9.17) is 0 Å². The van der Waals surface area contributed by atoms with Gasteiger partial charge in [-0.15, -0.1) is 0 Å². The lowest BCUT2D eigenvalue weighted by Crippen LogP contribution is -2.31. The summed E-state index contributed by atoms with van der Waals surface area (Å²) < 4.78 is 0. The maximum absolute atomic E-state index is 2.65. The molecule has 0 spiro atoms. The fourth-order valence-electron chi connectivity index (χ4n) is 2.57. The first-order valence-corrected chi connectivity index (χ1v) is 10.1. The first-order valence-electron chi connectivity index (χ1n) is 7.38. The van der Waals surface area contributed by atoms with Crippen molar-refractivity contribution in [3.63, 3.8) is 0 Å². The standard InChI is InChI=1S/C15H32Si/c1-5-9-13-16(12-8-4,14-10-6-2)15-11-7-3/h8,12H,5-7,9-11,13-15H2,1-4H3. The molecule has 96 valence electrons. The molecule has 0 radical (unpaired) electrons. The Kier molecular flexibility index (Phi) is 10.1. The van der Waals surface area contributed by atoms with Gasteiger partial charge in [-0.1, -0.05) is 89.2 Å². The Hall–Kier alpha value is -0.0431. The van der Waals surface area contributed by atoms with Gasteiger partial charge in [0.2, 0.25) is 0 Å². The first-order chi connectivity index (χ1) is 7.74. The maximum atomic E-state index is 2.65. The Morgan fingerprint density at radius 3 is 1.38 bits per heavy atom. The summed E-state index contributed by atoms with van der Waals surface area (Å²) in [5.41, 5.74) is 2.65. The highest BCUT2D eigenvalue weighted by Crippen LogP contribution is 2.29. The number of hydrogen-bond acceptors (Lipinski definition) is 0. The van der Waals surface area contributed by atoms with E-state index in [9.17, 15) is 0 Å². The monoisotopic (exact) mass is 240 g/mol. The summed E-state index contributed by atoms with van der Waals surface area (Å²) in [5, 5.41) is 0. The molecule has 0 bridgehead atoms. The molecule has 0 amide bonds. The summed E-state index contributed by atoms with van der Waals surface area (Å²) in [6.07, 6.45) is 10.8. The highest BCUT2D eigenvalue weighted by atomic mass is 28.3. The van der Waals surface area contributed by atoms with Gasteiger partial charge >= 0.3 is 0 Å². The molecule has 0 aliphatic rings. The molecular formula is C15H32Si. The highest BCUT2D eigenvalue weighted by molar-refractivity contribution is 6.84. The molecule has 0 saturated carbocycles. The van der Waals surface area contributed by atoms with Crippen LogP contribution in [-0.2, 0) is 0 Å². The molecule has 0 atom stereocenters. The van der Waals surface area contributed by atoms with Crippen LogP contribution in [0.1, 0.15) is 66.2 Å². The van der Waals surface area contributed by atoms with Gasteiger partial charge in [-0.3, -0.25) is 0 Å². The molecule has 0 fully saturated rings. The van der Waals surface area contributed by atoms with Crippen LogP contribution in [0.15, 0.2) is 11.8 Å². The SMILES string of the molecule is CC=C[Si](CCCC)(CCCC)CCCC. The van der Waals surface area contributed by atoms with E-state index in [-0.39, 0.29) is 0 Å². The Morgan fingerprint density at radius 2 is 1.12 bits per heavy atom. The van der Waals surface area contributed by atoms with Gasteiger partial charge in [-0.05, 0) is 6.92 Å². The molecule has 0 unspecified atom stereocenters. The van der Waals surface area contributed by atoms with Gasteiger partial charge in [0.1, 0.15) is 0 Å². The van der Waals surface area contributed by atoms with Gasteiger partial charge in [-0.25, -0.2) is 0 Å². The second-order valence-corrected chi connectivity index (χ2v) is 9.73. The van der Waals surface area contributed by atoms with Crippen molar-refractivity contribution in [2.24, 2.45) is 0 Å². The second-order valence-electron chi connectivity index (χ2n) is 5.17. The van der Waals surface area contributed by atoms with Crippen molar-refractivity contribution in [1.82, 2.24) is 0 Å². The molecule has 0 aromatic heterocycles. The summed E-state index contributed by atoms with van der Waals surface area (Å²) in [5.74, 6) is 0. The summed E-state index contributed by atoms with van der Waals surface area (Å²) in [6, 6.07) is 4.61. The minimum atomic E-state index is -1.04. The van der Waals surface area contributed by atoms with Crippen molar-refractivity contribution in [3.8, 4) is 0 Å². The molecule has 0 N–H and O–H groups in total. The molecule has 0 aromatic carbocycles. The van der Waals surface area contributed by atoms with Crippen LogP contribution >= 0.6 is 0 Å². The predicted molar refractivity (Wildman–Crippen MR) is 79.7 cm³/mol. The third-order valence-electron chi connectivity index (χ3n) is 3.60. The average molecular weight is 241 g/mol. The predicted octanol–water partition coefficient (Wildman–Crippen LogP) is 5.95. The minimum absolute atomic E-state index is 1.04. The average Bonchev–Trinajstić information content (AvgIpc) is 2.31. The molecule has 0 aliphatic heterocycles. The van der Waals surface area contributed by atoms with Gasteiger partial charge in [-0.2, -0.15) is 0 Å². The van der Waals surface area contributed by atoms with Crippen LogP contribution in [0.4, 0.5) is 0 Å². The summed E-state index contributed by atoms with van der Waals surface area (Å²) in [4.78, 5) is 0. The Morgan fingerprint density at radius 1 is 0.750 bits per heavy atom. The molecule has 16 heavy (non-hydrogen) atoms. The van der Waals surface area contributed by atoms with Crippen molar-refractivity contribution >= 4 is 8.07 Å². The molecule has 1 heteroatoms. The smallest absolute Gasteiger partial charge is 0.0774 e. The Labute approximate surface area is 105 Å². The third-order valence-corrected chi connectivity index (χ3v) is 8.69. The zero-order chi connectivity index (χ0) is 12.3. The van der Waals surface area contributed by atoms with Crippen LogP contribution in [0.2, 0.25) is 18.1 Å². The first kappa shape index (κ1) is 16.0. The summed E-state index contributed by atoms with van der Waals surface area (Å²) >= 11 is 0. The van der Waals surface area contributed by atoms with E-state index in [0.717, 1.165) is 0 Å². The van der Waals surface area contributed by atoms with Gasteiger partial charge in [0.15, 0.2) is 0 Å². The summed E-state index contributed by atoms with van der Waals surface area (Å²) in [6.45, 7) is 9.20. The van der Waals surface area contributed by atoms with Crippen LogP contribution in [0.25, 0.3) is 0 Å². The topological polar surface area (TPSA) is 0 Å². The Balaban J connectivity index is 4.45. The van der Waals surface area contributed by atoms with Crippen molar-refractivity contribution in [2.75, 3.05) is 0 Å². The molecule has 0 aromatic rings. The molecule has 0 saturated heterocycles. The normalized spacial score (nSPS) is 12.5.